The molecule has 3 aliphatic rings. The maximum absolute atomic E-state index is 14.3. The molecule has 0 atom stereocenters. The predicted molar refractivity (Wildman–Crippen MR) is 168 cm³/mol. The highest BCUT2D eigenvalue weighted by molar-refractivity contribution is 6.07. The SMILES string of the molecule is COC1(OC)CC(C(=O)N2Cc3ccc(C(=O)N4CCN(C(C)C)CC4)n3Cc3ccccc32)=CC=C1c1ccccc1. The number of rotatable bonds is 6. The number of nitrogens with zero attached hydrogens (tertiary/aromatic N) is 4. The normalized spacial score (nSPS) is 18.4. The number of hydrogen-bond acceptors (Lipinski definition) is 5. The number of ether oxygens (including phenoxy) is 2. The van der Waals surface area contributed by atoms with Crippen molar-refractivity contribution in [2.75, 3.05) is 45.3 Å². The maximum atomic E-state index is 14.3. The average molecular weight is 581 g/mol. The molecule has 0 radical (unpaired) electrons. The monoisotopic (exact) mass is 580 g/mol. The number of hydrogen-bond donors (Lipinski definition) is 0. The predicted octanol–water partition coefficient (Wildman–Crippen LogP) is 4.95. The third-order valence-electron chi connectivity index (χ3n) is 9.10. The van der Waals surface area contributed by atoms with Crippen molar-refractivity contribution in [2.24, 2.45) is 0 Å². The van der Waals surface area contributed by atoms with Crippen molar-refractivity contribution in [3.05, 3.63) is 107 Å². The van der Waals surface area contributed by atoms with Crippen LogP contribution in [0.5, 0.6) is 0 Å². The smallest absolute Gasteiger partial charge is 0.270 e. The zero-order valence-electron chi connectivity index (χ0n) is 25.5. The van der Waals surface area contributed by atoms with Gasteiger partial charge in [0.1, 0.15) is 5.69 Å². The van der Waals surface area contributed by atoms with Crippen molar-refractivity contribution in [1.82, 2.24) is 14.4 Å². The molecule has 1 fully saturated rings. The molecule has 2 aromatic carbocycles. The molecule has 0 spiro atoms. The Kier molecular flexibility index (Phi) is 8.09. The highest BCUT2D eigenvalue weighted by atomic mass is 16.7. The van der Waals surface area contributed by atoms with E-state index in [1.807, 2.05) is 88.7 Å². The van der Waals surface area contributed by atoms with E-state index in [-0.39, 0.29) is 18.2 Å². The molecule has 0 unspecified atom stereocenters. The molecule has 224 valence electrons. The van der Waals surface area contributed by atoms with Crippen LogP contribution in [0, 0.1) is 0 Å². The van der Waals surface area contributed by atoms with Crippen LogP contribution in [0.25, 0.3) is 5.57 Å². The Hall–Kier alpha value is -3.98. The summed E-state index contributed by atoms with van der Waals surface area (Å²) in [4.78, 5) is 34.3. The molecule has 1 aliphatic carbocycles. The molecule has 0 saturated carbocycles. The Morgan fingerprint density at radius 1 is 0.791 bits per heavy atom. The first-order chi connectivity index (χ1) is 20.8. The van der Waals surface area contributed by atoms with E-state index >= 15 is 0 Å². The Labute approximate surface area is 253 Å². The highest BCUT2D eigenvalue weighted by Crippen LogP contribution is 2.41. The molecule has 0 bridgehead atoms. The summed E-state index contributed by atoms with van der Waals surface area (Å²) < 4.78 is 14.0. The number of methoxy groups -OCH3 is 2. The number of para-hydroxylation sites is 1. The van der Waals surface area contributed by atoms with Gasteiger partial charge in [0.2, 0.25) is 0 Å². The van der Waals surface area contributed by atoms with Gasteiger partial charge in [-0.2, -0.15) is 0 Å². The molecule has 6 rings (SSSR count). The van der Waals surface area contributed by atoms with Gasteiger partial charge in [0, 0.05) is 75.4 Å². The molecule has 3 aromatic rings. The summed E-state index contributed by atoms with van der Waals surface area (Å²) in [5, 5.41) is 0. The number of carbonyl (C=O) groups is 2. The summed E-state index contributed by atoms with van der Waals surface area (Å²) in [6.07, 6.45) is 4.09. The molecule has 0 N–H and O–H groups in total. The fourth-order valence-electron chi connectivity index (χ4n) is 6.55. The molecule has 8 nitrogen and oxygen atoms in total. The summed E-state index contributed by atoms with van der Waals surface area (Å²) in [6.45, 7) is 8.45. The lowest BCUT2D eigenvalue weighted by atomic mass is 9.86. The standard InChI is InChI=1S/C35H40N4O4/c1-25(2)36-18-20-37(21-19-36)34(41)32-17-15-29-24-39(31-13-9-8-12-28(31)23-38(29)32)33(40)27-14-16-30(26-10-6-5-7-11-26)35(22-27,42-3)43-4/h5-17,25H,18-24H2,1-4H3. The van der Waals surface area contributed by atoms with Gasteiger partial charge in [0.05, 0.1) is 13.1 Å². The van der Waals surface area contributed by atoms with Crippen LogP contribution >= 0.6 is 0 Å². The minimum Gasteiger partial charge on any atom is -0.349 e. The van der Waals surface area contributed by atoms with Crippen molar-refractivity contribution in [1.29, 1.82) is 0 Å². The fourth-order valence-corrected chi connectivity index (χ4v) is 6.55. The van der Waals surface area contributed by atoms with Crippen LogP contribution < -0.4 is 4.90 Å². The molecule has 8 heteroatoms. The lowest BCUT2D eigenvalue weighted by Crippen LogP contribution is -2.51. The van der Waals surface area contributed by atoms with Crippen LogP contribution in [-0.4, -0.2) is 78.4 Å². The van der Waals surface area contributed by atoms with Crippen LogP contribution in [0.3, 0.4) is 0 Å². The molecule has 1 aromatic heterocycles. The van der Waals surface area contributed by atoms with E-state index < -0.39 is 5.79 Å². The van der Waals surface area contributed by atoms with E-state index in [0.717, 1.165) is 41.2 Å². The van der Waals surface area contributed by atoms with Crippen LogP contribution in [0.4, 0.5) is 5.69 Å². The second kappa shape index (κ2) is 12.0. The van der Waals surface area contributed by atoms with Gasteiger partial charge in [-0.3, -0.25) is 14.5 Å². The summed E-state index contributed by atoms with van der Waals surface area (Å²) in [5.74, 6) is -1.15. The van der Waals surface area contributed by atoms with Gasteiger partial charge < -0.3 is 23.8 Å². The largest absolute Gasteiger partial charge is 0.349 e. The molecule has 43 heavy (non-hydrogen) atoms. The second-order valence-corrected chi connectivity index (χ2v) is 11.7. The van der Waals surface area contributed by atoms with Crippen molar-refractivity contribution < 1.29 is 19.1 Å². The van der Waals surface area contributed by atoms with E-state index in [0.29, 0.717) is 43.5 Å². The van der Waals surface area contributed by atoms with E-state index in [1.54, 1.807) is 14.2 Å². The minimum absolute atomic E-state index is 0.0467. The summed E-state index contributed by atoms with van der Waals surface area (Å²) >= 11 is 0. The van der Waals surface area contributed by atoms with E-state index in [9.17, 15) is 9.59 Å². The number of fused-ring (bicyclic) bond motifs is 2. The first kappa shape index (κ1) is 29.1. The number of benzene rings is 2. The molecular formula is C35H40N4O4. The summed E-state index contributed by atoms with van der Waals surface area (Å²) in [5.41, 5.74) is 5.88. The lowest BCUT2D eigenvalue weighted by molar-refractivity contribution is -0.162. The number of amides is 2. The van der Waals surface area contributed by atoms with E-state index in [1.165, 1.54) is 0 Å². The number of anilines is 1. The van der Waals surface area contributed by atoms with Crippen molar-refractivity contribution in [3.63, 3.8) is 0 Å². The van der Waals surface area contributed by atoms with Gasteiger partial charge in [-0.25, -0.2) is 0 Å². The first-order valence-corrected chi connectivity index (χ1v) is 15.0. The van der Waals surface area contributed by atoms with Gasteiger partial charge in [-0.1, -0.05) is 60.7 Å². The first-order valence-electron chi connectivity index (χ1n) is 15.0. The van der Waals surface area contributed by atoms with Crippen LogP contribution in [0.1, 0.15) is 47.6 Å². The minimum atomic E-state index is -1.09. The van der Waals surface area contributed by atoms with Crippen molar-refractivity contribution in [2.45, 2.75) is 45.2 Å². The molecular weight excluding hydrogens is 540 g/mol. The van der Waals surface area contributed by atoms with Crippen molar-refractivity contribution >= 4 is 23.1 Å². The second-order valence-electron chi connectivity index (χ2n) is 11.7. The zero-order valence-corrected chi connectivity index (χ0v) is 25.5. The van der Waals surface area contributed by atoms with Gasteiger partial charge in [0.25, 0.3) is 11.8 Å². The third kappa shape index (κ3) is 5.35. The lowest BCUT2D eigenvalue weighted by Gasteiger charge is -2.37. The van der Waals surface area contributed by atoms with Crippen LogP contribution in [-0.2, 0) is 27.4 Å². The van der Waals surface area contributed by atoms with Crippen molar-refractivity contribution in [3.8, 4) is 0 Å². The van der Waals surface area contributed by atoms with Gasteiger partial charge >= 0.3 is 0 Å². The maximum Gasteiger partial charge on any atom is 0.270 e. The molecule has 2 aliphatic heterocycles. The van der Waals surface area contributed by atoms with Gasteiger partial charge in [-0.15, -0.1) is 0 Å². The molecule has 2 amide bonds. The summed E-state index contributed by atoms with van der Waals surface area (Å²) in [7, 11) is 3.23. The van der Waals surface area contributed by atoms with Crippen LogP contribution in [0.2, 0.25) is 0 Å². The number of aromatic nitrogens is 1. The number of piperazine rings is 1. The Morgan fingerprint density at radius 3 is 2.19 bits per heavy atom. The zero-order chi connectivity index (χ0) is 30.1. The molecule has 1 saturated heterocycles. The Morgan fingerprint density at radius 2 is 1.49 bits per heavy atom. The fraction of sp³-hybridized carbons (Fsp3) is 0.371. The van der Waals surface area contributed by atoms with Gasteiger partial charge in [-0.05, 0) is 43.2 Å². The highest BCUT2D eigenvalue weighted by Gasteiger charge is 2.41. The average Bonchev–Trinajstić information content (AvgIpc) is 3.36. The topological polar surface area (TPSA) is 67.2 Å². The van der Waals surface area contributed by atoms with Gasteiger partial charge in [0.15, 0.2) is 5.79 Å². The summed E-state index contributed by atoms with van der Waals surface area (Å²) in [6, 6.07) is 22.3. The third-order valence-corrected chi connectivity index (χ3v) is 9.10. The number of carbonyl (C=O) groups excluding carboxylic acids is 2. The van der Waals surface area contributed by atoms with E-state index in [2.05, 4.69) is 23.3 Å². The Bertz CT molecular complexity index is 1560. The van der Waals surface area contributed by atoms with Crippen LogP contribution in [0.15, 0.2) is 84.5 Å². The Balaban J connectivity index is 1.32. The molecule has 3 heterocycles. The quantitative estimate of drug-likeness (QED) is 0.386. The number of allylic oxidation sites excluding steroid dienone is 2. The van der Waals surface area contributed by atoms with E-state index in [4.69, 9.17) is 9.47 Å².